The number of carbonyl (C=O) groups excluding carboxylic acids is 3. The van der Waals surface area contributed by atoms with Crippen molar-refractivity contribution in [1.29, 1.82) is 0 Å². The molecule has 0 spiro atoms. The fraction of sp³-hybridized carbons (Fsp3) is 0.500. The van der Waals surface area contributed by atoms with Gasteiger partial charge in [-0.15, -0.1) is 0 Å². The molecule has 1 aromatic rings. The van der Waals surface area contributed by atoms with Gasteiger partial charge in [-0.1, -0.05) is 32.4 Å². The van der Waals surface area contributed by atoms with Gasteiger partial charge in [-0.25, -0.2) is 14.2 Å². The van der Waals surface area contributed by atoms with E-state index in [0.29, 0.717) is 12.0 Å². The van der Waals surface area contributed by atoms with E-state index in [9.17, 15) is 43.5 Å². The Morgan fingerprint density at radius 3 is 1.95 bits per heavy atom. The van der Waals surface area contributed by atoms with Crippen LogP contribution in [0, 0.1) is 5.92 Å². The van der Waals surface area contributed by atoms with E-state index >= 15 is 0 Å². The second-order valence-corrected chi connectivity index (χ2v) is 10.6. The number of nitrogens with two attached hydrogens (primary N) is 1. The molecular formula is C24H35N4O13P. The van der Waals surface area contributed by atoms with E-state index in [1.165, 1.54) is 24.3 Å². The van der Waals surface area contributed by atoms with E-state index in [-0.39, 0.29) is 12.2 Å². The molecule has 3 amide bonds. The molecule has 0 heterocycles. The molecule has 42 heavy (non-hydrogen) atoms. The third-order valence-corrected chi connectivity index (χ3v) is 6.47. The summed E-state index contributed by atoms with van der Waals surface area (Å²) in [7, 11) is -4.78. The maximum atomic E-state index is 12.9. The molecule has 0 fully saturated rings. The summed E-state index contributed by atoms with van der Waals surface area (Å²) in [6.07, 6.45) is -1.61. The summed E-state index contributed by atoms with van der Waals surface area (Å²) in [5.74, 6) is -7.90. The number of phosphoric acid groups is 1. The zero-order valence-corrected chi connectivity index (χ0v) is 23.7. The second kappa shape index (κ2) is 16.4. The first-order valence-corrected chi connectivity index (χ1v) is 14.1. The van der Waals surface area contributed by atoms with E-state index in [2.05, 4.69) is 20.5 Å². The monoisotopic (exact) mass is 618 g/mol. The van der Waals surface area contributed by atoms with E-state index in [0.717, 1.165) is 0 Å². The van der Waals surface area contributed by atoms with E-state index < -0.39 is 92.8 Å². The SMILES string of the molecule is CC[C@H](C)[C@H](NC(=O)C[C@H](NC(=O)[C@H](CCC(=O)O)NC(=O)[C@@H](N)Cc1ccc(OP(=O)(O)O)cc1)C(=O)O)C(=O)O. The van der Waals surface area contributed by atoms with Crippen molar-refractivity contribution in [3.05, 3.63) is 29.8 Å². The lowest BCUT2D eigenvalue weighted by Gasteiger charge is -2.24. The van der Waals surface area contributed by atoms with Crippen LogP contribution in [0.1, 0.15) is 45.1 Å². The Morgan fingerprint density at radius 2 is 1.48 bits per heavy atom. The number of carboxylic acid groups (broad SMARTS) is 3. The number of aliphatic carboxylic acids is 3. The first kappa shape index (κ1) is 36.0. The Balaban J connectivity index is 2.94. The van der Waals surface area contributed by atoms with Gasteiger partial charge in [0.1, 0.15) is 23.9 Å². The Morgan fingerprint density at radius 1 is 0.905 bits per heavy atom. The molecule has 1 aromatic carbocycles. The van der Waals surface area contributed by atoms with Gasteiger partial charge in [-0.3, -0.25) is 29.0 Å². The Kier molecular flexibility index (Phi) is 14.1. The third kappa shape index (κ3) is 13.1. The van der Waals surface area contributed by atoms with Gasteiger partial charge in [0.25, 0.3) is 0 Å². The average Bonchev–Trinajstić information content (AvgIpc) is 2.88. The number of carboxylic acids is 3. The highest BCUT2D eigenvalue weighted by molar-refractivity contribution is 7.46. The normalized spacial score (nSPS) is 14.8. The lowest BCUT2D eigenvalue weighted by molar-refractivity contribution is -0.146. The molecule has 0 aromatic heterocycles. The van der Waals surface area contributed by atoms with Gasteiger partial charge in [0.15, 0.2) is 0 Å². The zero-order chi connectivity index (χ0) is 32.2. The van der Waals surface area contributed by atoms with Gasteiger partial charge < -0.3 is 41.5 Å². The third-order valence-electron chi connectivity index (χ3n) is 6.02. The molecule has 0 saturated carbocycles. The zero-order valence-electron chi connectivity index (χ0n) is 22.8. The number of hydrogen-bond acceptors (Lipinski definition) is 9. The van der Waals surface area contributed by atoms with Crippen LogP contribution in [0.25, 0.3) is 0 Å². The number of benzene rings is 1. The molecule has 0 aliphatic carbocycles. The summed E-state index contributed by atoms with van der Waals surface area (Å²) in [6, 6.07) is -0.764. The highest BCUT2D eigenvalue weighted by Gasteiger charge is 2.32. The van der Waals surface area contributed by atoms with Crippen molar-refractivity contribution < 1.29 is 63.0 Å². The molecule has 5 atom stereocenters. The van der Waals surface area contributed by atoms with Crippen molar-refractivity contribution in [1.82, 2.24) is 16.0 Å². The van der Waals surface area contributed by atoms with Crippen LogP contribution in [0.3, 0.4) is 0 Å². The number of rotatable bonds is 18. The fourth-order valence-electron chi connectivity index (χ4n) is 3.56. The molecule has 0 saturated heterocycles. The molecule has 0 bridgehead atoms. The summed E-state index contributed by atoms with van der Waals surface area (Å²) in [4.78, 5) is 90.0. The molecule has 17 nitrogen and oxygen atoms in total. The first-order valence-electron chi connectivity index (χ1n) is 12.6. The van der Waals surface area contributed by atoms with Crippen LogP contribution in [-0.4, -0.2) is 84.9 Å². The lowest BCUT2D eigenvalue weighted by Crippen LogP contribution is -2.56. The molecule has 10 N–H and O–H groups in total. The highest BCUT2D eigenvalue weighted by atomic mass is 31.2. The lowest BCUT2D eigenvalue weighted by atomic mass is 9.99. The van der Waals surface area contributed by atoms with E-state index in [1.54, 1.807) is 13.8 Å². The molecule has 1 rings (SSSR count). The second-order valence-electron chi connectivity index (χ2n) is 9.40. The van der Waals surface area contributed by atoms with Gasteiger partial charge >= 0.3 is 25.7 Å². The molecule has 234 valence electrons. The van der Waals surface area contributed by atoms with Crippen LogP contribution < -0.4 is 26.2 Å². The van der Waals surface area contributed by atoms with Gasteiger partial charge in [-0.05, 0) is 36.5 Å². The number of amides is 3. The van der Waals surface area contributed by atoms with Crippen LogP contribution in [-0.2, 0) is 39.8 Å². The average molecular weight is 619 g/mol. The highest BCUT2D eigenvalue weighted by Crippen LogP contribution is 2.37. The van der Waals surface area contributed by atoms with Crippen molar-refractivity contribution in [2.24, 2.45) is 11.7 Å². The van der Waals surface area contributed by atoms with Gasteiger partial charge in [-0.2, -0.15) is 0 Å². The largest absolute Gasteiger partial charge is 0.524 e. The fourth-order valence-corrected chi connectivity index (χ4v) is 3.96. The molecule has 0 radical (unpaired) electrons. The first-order chi connectivity index (χ1) is 19.4. The molecular weight excluding hydrogens is 583 g/mol. The smallest absolute Gasteiger partial charge is 0.481 e. The van der Waals surface area contributed by atoms with Crippen LogP contribution >= 0.6 is 7.82 Å². The summed E-state index contributed by atoms with van der Waals surface area (Å²) in [5, 5.41) is 34.4. The minimum Gasteiger partial charge on any atom is -0.481 e. The molecule has 18 heteroatoms. The molecule has 0 unspecified atom stereocenters. The van der Waals surface area contributed by atoms with Crippen LogP contribution in [0.15, 0.2) is 24.3 Å². The summed E-state index contributed by atoms with van der Waals surface area (Å²) in [5.41, 5.74) is 6.35. The van der Waals surface area contributed by atoms with Crippen LogP contribution in [0.2, 0.25) is 0 Å². The number of carbonyl (C=O) groups is 6. The minimum atomic E-state index is -4.78. The maximum Gasteiger partial charge on any atom is 0.524 e. The predicted molar refractivity (Wildman–Crippen MR) is 143 cm³/mol. The van der Waals surface area contributed by atoms with E-state index in [1.807, 2.05) is 0 Å². The number of phosphoric ester groups is 1. The van der Waals surface area contributed by atoms with Crippen molar-refractivity contribution in [2.75, 3.05) is 0 Å². The Labute approximate surface area is 240 Å². The maximum absolute atomic E-state index is 12.9. The van der Waals surface area contributed by atoms with Crippen molar-refractivity contribution in [2.45, 2.75) is 70.1 Å². The van der Waals surface area contributed by atoms with Gasteiger partial charge in [0.2, 0.25) is 17.7 Å². The van der Waals surface area contributed by atoms with Gasteiger partial charge in [0, 0.05) is 6.42 Å². The summed E-state index contributed by atoms with van der Waals surface area (Å²) < 4.78 is 15.3. The number of hydrogen-bond donors (Lipinski definition) is 9. The van der Waals surface area contributed by atoms with Gasteiger partial charge in [0.05, 0.1) is 12.5 Å². The summed E-state index contributed by atoms with van der Waals surface area (Å²) in [6.45, 7) is 3.27. The van der Waals surface area contributed by atoms with Crippen LogP contribution in [0.5, 0.6) is 5.75 Å². The quantitative estimate of drug-likeness (QED) is 0.0888. The molecule has 0 aliphatic heterocycles. The Hall–Kier alpha value is -4.05. The Bertz CT molecular complexity index is 1190. The molecule has 0 aliphatic rings. The summed E-state index contributed by atoms with van der Waals surface area (Å²) >= 11 is 0. The number of nitrogens with one attached hydrogen (secondary N) is 3. The van der Waals surface area contributed by atoms with Crippen molar-refractivity contribution in [3.63, 3.8) is 0 Å². The topological polar surface area (TPSA) is 292 Å². The standard InChI is InChI=1S/C24H35N4O13P/c1-3-12(2)20(24(36)37)28-18(29)11-17(23(34)35)27-22(33)16(8-9-19(30)31)26-21(32)15(25)10-13-4-6-14(7-5-13)41-42(38,39)40/h4-7,12,15-17,20H,3,8-11,25H2,1-2H3,(H,26,32)(H,27,33)(H,28,29)(H,30,31)(H,34,35)(H,36,37)(H2,38,39,40)/t12-,15-,16-,17-,20-/m0/s1. The van der Waals surface area contributed by atoms with Crippen molar-refractivity contribution in [3.8, 4) is 5.75 Å². The predicted octanol–water partition coefficient (Wildman–Crippen LogP) is -1.05. The van der Waals surface area contributed by atoms with Crippen LogP contribution in [0.4, 0.5) is 0 Å². The van der Waals surface area contributed by atoms with E-state index in [4.69, 9.17) is 20.6 Å². The van der Waals surface area contributed by atoms with Crippen molar-refractivity contribution >= 4 is 43.5 Å². The minimum absolute atomic E-state index is 0.117.